The molecule has 2 heterocycles. The minimum Gasteiger partial charge on any atom is -0.453 e. The first kappa shape index (κ1) is 27.3. The van der Waals surface area contributed by atoms with E-state index in [1.54, 1.807) is 23.1 Å². The van der Waals surface area contributed by atoms with E-state index >= 15 is 4.39 Å². The average molecular weight is 539 g/mol. The van der Waals surface area contributed by atoms with Crippen LogP contribution in [0.25, 0.3) is 22.5 Å². The van der Waals surface area contributed by atoms with Crippen molar-refractivity contribution < 1.29 is 22.3 Å². The van der Waals surface area contributed by atoms with Gasteiger partial charge in [0.15, 0.2) is 5.82 Å². The van der Waals surface area contributed by atoms with Gasteiger partial charge in [0.1, 0.15) is 11.5 Å². The van der Waals surface area contributed by atoms with E-state index in [1.807, 2.05) is 20.8 Å². The second-order valence-electron chi connectivity index (χ2n) is 8.59. The van der Waals surface area contributed by atoms with Gasteiger partial charge in [-0.1, -0.05) is 11.6 Å². The predicted octanol–water partition coefficient (Wildman–Crippen LogP) is 4.43. The molecule has 1 amide bonds. The molecular weight excluding hydrogens is 511 g/mol. The van der Waals surface area contributed by atoms with Crippen molar-refractivity contribution in [2.45, 2.75) is 45.7 Å². The number of hydrogen-bond acceptors (Lipinski definition) is 7. The molecule has 36 heavy (non-hydrogen) atoms. The fourth-order valence-corrected chi connectivity index (χ4v) is 4.19. The Bertz CT molecular complexity index is 1360. The van der Waals surface area contributed by atoms with Gasteiger partial charge in [-0.15, -0.1) is 0 Å². The first-order chi connectivity index (χ1) is 16.9. The zero-order valence-corrected chi connectivity index (χ0v) is 22.1. The number of nitrogens with zero attached hydrogens (tertiary/aromatic N) is 4. The molecule has 0 saturated carbocycles. The molecule has 1 aromatic carbocycles. The van der Waals surface area contributed by atoms with Crippen LogP contribution in [0.4, 0.5) is 14.9 Å². The molecule has 2 aromatic heterocycles. The monoisotopic (exact) mass is 538 g/mol. The lowest BCUT2D eigenvalue weighted by atomic mass is 10.0. The summed E-state index contributed by atoms with van der Waals surface area (Å²) in [6.07, 6.45) is 4.79. The van der Waals surface area contributed by atoms with E-state index in [0.717, 1.165) is 6.26 Å². The Balaban J connectivity index is 2.03. The second-order valence-corrected chi connectivity index (χ2v) is 10.8. The third-order valence-corrected chi connectivity index (χ3v) is 5.99. The first-order valence-electron chi connectivity index (χ1n) is 11.1. The quantitative estimate of drug-likeness (QED) is 0.412. The highest BCUT2D eigenvalue weighted by Gasteiger charge is 2.22. The SMILES string of the molecule is COC(=O)N[C@H](C)CCc1nccc(-c2cn(C(C)C)nc2-c2cc(Cl)cc(NS(C)(=O)=O)c2F)n1. The zero-order valence-electron chi connectivity index (χ0n) is 20.5. The van der Waals surface area contributed by atoms with Gasteiger partial charge >= 0.3 is 6.09 Å². The Kier molecular flexibility index (Phi) is 8.51. The number of anilines is 1. The van der Waals surface area contributed by atoms with Crippen molar-refractivity contribution in [2.24, 2.45) is 0 Å². The van der Waals surface area contributed by atoms with E-state index in [9.17, 15) is 13.2 Å². The lowest BCUT2D eigenvalue weighted by Gasteiger charge is -2.12. The molecule has 3 aromatic rings. The largest absolute Gasteiger partial charge is 0.453 e. The number of aromatic nitrogens is 4. The number of hydrogen-bond donors (Lipinski definition) is 2. The van der Waals surface area contributed by atoms with Crippen molar-refractivity contribution in [3.8, 4) is 22.5 Å². The average Bonchev–Trinajstić information content (AvgIpc) is 3.25. The van der Waals surface area contributed by atoms with Gasteiger partial charge in [0.25, 0.3) is 0 Å². The van der Waals surface area contributed by atoms with Crippen molar-refractivity contribution in [3.05, 3.63) is 47.3 Å². The molecule has 0 aliphatic heterocycles. The zero-order chi connectivity index (χ0) is 26.6. The van der Waals surface area contributed by atoms with Crippen LogP contribution in [0.1, 0.15) is 39.1 Å². The van der Waals surface area contributed by atoms with E-state index in [2.05, 4.69) is 29.8 Å². The molecule has 0 saturated heterocycles. The van der Waals surface area contributed by atoms with Crippen molar-refractivity contribution in [2.75, 3.05) is 18.1 Å². The van der Waals surface area contributed by atoms with Gasteiger partial charge in [0.2, 0.25) is 10.0 Å². The van der Waals surface area contributed by atoms with Gasteiger partial charge in [-0.3, -0.25) is 9.40 Å². The van der Waals surface area contributed by atoms with Crippen LogP contribution in [0, 0.1) is 5.82 Å². The number of benzene rings is 1. The number of amides is 1. The van der Waals surface area contributed by atoms with Gasteiger partial charge in [0, 0.05) is 47.0 Å². The summed E-state index contributed by atoms with van der Waals surface area (Å²) >= 11 is 6.21. The molecule has 0 aliphatic carbocycles. The molecule has 0 bridgehead atoms. The van der Waals surface area contributed by atoms with Crippen molar-refractivity contribution >= 4 is 33.4 Å². The van der Waals surface area contributed by atoms with Crippen LogP contribution in [0.2, 0.25) is 5.02 Å². The summed E-state index contributed by atoms with van der Waals surface area (Å²) in [4.78, 5) is 20.3. The number of methoxy groups -OCH3 is 1. The normalized spacial score (nSPS) is 12.4. The summed E-state index contributed by atoms with van der Waals surface area (Å²) in [5.74, 6) is -0.280. The minimum absolute atomic E-state index is 0.0270. The van der Waals surface area contributed by atoms with E-state index < -0.39 is 21.9 Å². The van der Waals surface area contributed by atoms with Crippen LogP contribution in [-0.4, -0.2) is 53.7 Å². The number of carbonyl (C=O) groups excluding carboxylic acids is 1. The van der Waals surface area contributed by atoms with E-state index in [1.165, 1.54) is 19.2 Å². The smallest absolute Gasteiger partial charge is 0.407 e. The van der Waals surface area contributed by atoms with Crippen LogP contribution < -0.4 is 10.0 Å². The molecule has 13 heteroatoms. The number of nitrogens with one attached hydrogen (secondary N) is 2. The van der Waals surface area contributed by atoms with Gasteiger partial charge in [-0.2, -0.15) is 5.10 Å². The molecule has 0 unspecified atom stereocenters. The van der Waals surface area contributed by atoms with E-state index in [4.69, 9.17) is 11.6 Å². The summed E-state index contributed by atoms with van der Waals surface area (Å²) in [6, 6.07) is 4.07. The number of aryl methyl sites for hydroxylation is 1. The van der Waals surface area contributed by atoms with Gasteiger partial charge in [-0.05, 0) is 45.4 Å². The minimum atomic E-state index is -3.74. The molecule has 2 N–H and O–H groups in total. The molecule has 0 aliphatic rings. The number of halogens is 2. The molecule has 0 spiro atoms. The summed E-state index contributed by atoms with van der Waals surface area (Å²) < 4.78 is 47.4. The highest BCUT2D eigenvalue weighted by atomic mass is 35.5. The van der Waals surface area contributed by atoms with Crippen molar-refractivity contribution in [3.63, 3.8) is 0 Å². The summed E-state index contributed by atoms with van der Waals surface area (Å²) in [5.41, 5.74) is 1.04. The summed E-state index contributed by atoms with van der Waals surface area (Å²) in [5, 5.41) is 7.39. The molecule has 194 valence electrons. The summed E-state index contributed by atoms with van der Waals surface area (Å²) in [6.45, 7) is 5.69. The molecule has 0 fully saturated rings. The van der Waals surface area contributed by atoms with Gasteiger partial charge in [0.05, 0.1) is 24.7 Å². The summed E-state index contributed by atoms with van der Waals surface area (Å²) in [7, 11) is -2.45. The molecule has 0 radical (unpaired) electrons. The second kappa shape index (κ2) is 11.2. The van der Waals surface area contributed by atoms with Crippen LogP contribution in [0.5, 0.6) is 0 Å². The van der Waals surface area contributed by atoms with E-state index in [0.29, 0.717) is 29.9 Å². The first-order valence-corrected chi connectivity index (χ1v) is 13.4. The van der Waals surface area contributed by atoms with Crippen LogP contribution >= 0.6 is 11.6 Å². The lowest BCUT2D eigenvalue weighted by Crippen LogP contribution is -2.32. The van der Waals surface area contributed by atoms with E-state index in [-0.39, 0.29) is 34.1 Å². The molecule has 1 atom stereocenters. The Hall–Kier alpha value is -3.25. The third-order valence-electron chi connectivity index (χ3n) is 5.18. The highest BCUT2D eigenvalue weighted by Crippen LogP contribution is 2.37. The molecule has 10 nitrogen and oxygen atoms in total. The van der Waals surface area contributed by atoms with Crippen LogP contribution in [0.3, 0.4) is 0 Å². The maximum Gasteiger partial charge on any atom is 0.407 e. The highest BCUT2D eigenvalue weighted by molar-refractivity contribution is 7.92. The fourth-order valence-electron chi connectivity index (χ4n) is 3.43. The molecule has 3 rings (SSSR count). The lowest BCUT2D eigenvalue weighted by molar-refractivity contribution is 0.167. The number of sulfonamides is 1. The number of alkyl carbamates (subject to hydrolysis) is 1. The molecular formula is C23H28ClFN6O4S. The van der Waals surface area contributed by atoms with Crippen molar-refractivity contribution in [1.82, 2.24) is 25.1 Å². The number of carbonyl (C=O) groups is 1. The Morgan fingerprint density at radius 2 is 1.97 bits per heavy atom. The van der Waals surface area contributed by atoms with Gasteiger partial charge < -0.3 is 10.1 Å². The maximum absolute atomic E-state index is 15.5. The third kappa shape index (κ3) is 6.91. The fraction of sp³-hybridized carbons (Fsp3) is 0.391. The van der Waals surface area contributed by atoms with Gasteiger partial charge in [-0.25, -0.2) is 27.6 Å². The van der Waals surface area contributed by atoms with Crippen LogP contribution in [-0.2, 0) is 21.2 Å². The number of rotatable bonds is 9. The van der Waals surface area contributed by atoms with Crippen molar-refractivity contribution in [1.29, 1.82) is 0 Å². The Morgan fingerprint density at radius 3 is 2.61 bits per heavy atom. The Labute approximate surface area is 214 Å². The predicted molar refractivity (Wildman–Crippen MR) is 136 cm³/mol. The Morgan fingerprint density at radius 1 is 1.25 bits per heavy atom. The maximum atomic E-state index is 15.5. The number of ether oxygens (including phenoxy) is 1. The topological polar surface area (TPSA) is 128 Å². The standard InChI is InChI=1S/C23H28ClFN6O4S/c1-13(2)31-12-17(18-8-9-26-20(28-18)7-6-14(3)27-23(32)35-4)22(29-31)16-10-15(24)11-19(21(16)25)30-36(5,33)34/h8-14,30H,6-7H2,1-5H3,(H,27,32)/t14-/m1/s1. The van der Waals surface area contributed by atoms with Crippen LogP contribution in [0.15, 0.2) is 30.6 Å².